The number of ketones is 1. The van der Waals surface area contributed by atoms with Crippen LogP contribution in [-0.2, 0) is 0 Å². The number of methoxy groups -OCH3 is 1. The number of fused-ring (bicyclic) bond motifs is 1. The zero-order chi connectivity index (χ0) is 22.0. The third-order valence-corrected chi connectivity index (χ3v) is 6.56. The van der Waals surface area contributed by atoms with Crippen LogP contribution in [0.2, 0.25) is 0 Å². The van der Waals surface area contributed by atoms with E-state index in [9.17, 15) is 18.0 Å². The number of Topliss-reactive ketones (excluding diaryl/α,β-unsaturated/α-hetero) is 1. The lowest BCUT2D eigenvalue weighted by Gasteiger charge is -2.34. The van der Waals surface area contributed by atoms with Crippen LogP contribution >= 0.6 is 0 Å². The van der Waals surface area contributed by atoms with Gasteiger partial charge in [-0.3, -0.25) is 4.79 Å². The van der Waals surface area contributed by atoms with Crippen molar-refractivity contribution in [2.24, 2.45) is 5.92 Å². The smallest absolute Gasteiger partial charge is 0.410 e. The average molecular weight is 435 g/mol. The Morgan fingerprint density at radius 2 is 1.90 bits per heavy atom. The highest BCUT2D eigenvalue weighted by Gasteiger charge is 2.47. The van der Waals surface area contributed by atoms with Gasteiger partial charge >= 0.3 is 6.18 Å². The molecule has 1 aliphatic carbocycles. The van der Waals surface area contributed by atoms with E-state index in [0.29, 0.717) is 23.7 Å². The summed E-state index contributed by atoms with van der Waals surface area (Å²) in [7, 11) is 1.54. The van der Waals surface area contributed by atoms with Crippen molar-refractivity contribution in [3.05, 3.63) is 41.6 Å². The van der Waals surface area contributed by atoms with Gasteiger partial charge in [-0.2, -0.15) is 18.3 Å². The van der Waals surface area contributed by atoms with Gasteiger partial charge in [-0.25, -0.2) is 4.68 Å². The van der Waals surface area contributed by atoms with Gasteiger partial charge in [0.2, 0.25) is 0 Å². The maximum absolute atomic E-state index is 13.8. The second-order valence-corrected chi connectivity index (χ2v) is 8.58. The predicted octanol–water partition coefficient (Wildman–Crippen LogP) is 6.10. The molecule has 0 spiro atoms. The van der Waals surface area contributed by atoms with Gasteiger partial charge in [0.15, 0.2) is 11.8 Å². The molecule has 1 fully saturated rings. The lowest BCUT2D eigenvalue weighted by Crippen LogP contribution is -2.36. The van der Waals surface area contributed by atoms with Crippen LogP contribution in [0.3, 0.4) is 0 Å². The number of carbonyl (C=O) groups excluding carboxylic acids is 1. The minimum Gasteiger partial charge on any atom is -0.497 e. The summed E-state index contributed by atoms with van der Waals surface area (Å²) in [4.78, 5) is 12.9. The molecule has 2 unspecified atom stereocenters. The molecule has 2 aromatic rings. The van der Waals surface area contributed by atoms with Crippen molar-refractivity contribution >= 4 is 11.6 Å². The number of benzene rings is 1. The van der Waals surface area contributed by atoms with Gasteiger partial charge in [-0.05, 0) is 30.0 Å². The van der Waals surface area contributed by atoms with E-state index in [2.05, 4.69) is 10.4 Å². The molecule has 5 nitrogen and oxygen atoms in total. The van der Waals surface area contributed by atoms with Gasteiger partial charge < -0.3 is 10.1 Å². The Kier molecular flexibility index (Phi) is 6.25. The van der Waals surface area contributed by atoms with Crippen molar-refractivity contribution < 1.29 is 22.7 Å². The van der Waals surface area contributed by atoms with Gasteiger partial charge in [0.05, 0.1) is 24.9 Å². The quantitative estimate of drug-likeness (QED) is 0.558. The summed E-state index contributed by atoms with van der Waals surface area (Å²) in [5.41, 5.74) is 0.964. The SMILES string of the molecule is COc1ccc(C2CC(C(F)(F)F)n3ncc(C(=O)CCC4CCCCC4)c3N2)cc1. The van der Waals surface area contributed by atoms with Crippen molar-refractivity contribution in [2.75, 3.05) is 12.4 Å². The van der Waals surface area contributed by atoms with E-state index in [1.165, 1.54) is 32.6 Å². The normalized spacial score (nSPS) is 21.9. The van der Waals surface area contributed by atoms with Crippen LogP contribution in [-0.4, -0.2) is 28.8 Å². The molecule has 8 heteroatoms. The zero-order valence-electron chi connectivity index (χ0n) is 17.6. The van der Waals surface area contributed by atoms with E-state index in [-0.39, 0.29) is 23.6 Å². The highest BCUT2D eigenvalue weighted by Crippen LogP contribution is 2.44. The predicted molar refractivity (Wildman–Crippen MR) is 111 cm³/mol. The lowest BCUT2D eigenvalue weighted by molar-refractivity contribution is -0.173. The van der Waals surface area contributed by atoms with Gasteiger partial charge in [0.25, 0.3) is 0 Å². The molecule has 2 aliphatic rings. The summed E-state index contributed by atoms with van der Waals surface area (Å²) in [5.74, 6) is 1.20. The summed E-state index contributed by atoms with van der Waals surface area (Å²) >= 11 is 0. The maximum Gasteiger partial charge on any atom is 0.410 e. The van der Waals surface area contributed by atoms with E-state index in [1.54, 1.807) is 24.3 Å². The van der Waals surface area contributed by atoms with Crippen molar-refractivity contribution in [1.29, 1.82) is 0 Å². The molecule has 4 rings (SSSR count). The van der Waals surface area contributed by atoms with Crippen LogP contribution in [0.25, 0.3) is 0 Å². The Balaban J connectivity index is 1.57. The van der Waals surface area contributed by atoms with Gasteiger partial charge in [0.1, 0.15) is 11.6 Å². The zero-order valence-corrected chi connectivity index (χ0v) is 17.6. The summed E-state index contributed by atoms with van der Waals surface area (Å²) in [6.07, 6.45) is 3.66. The number of carbonyl (C=O) groups is 1. The van der Waals surface area contributed by atoms with Crippen molar-refractivity contribution in [3.8, 4) is 5.75 Å². The van der Waals surface area contributed by atoms with E-state index in [0.717, 1.165) is 23.9 Å². The summed E-state index contributed by atoms with van der Waals surface area (Å²) in [5, 5.41) is 7.13. The van der Waals surface area contributed by atoms with E-state index < -0.39 is 18.3 Å². The number of anilines is 1. The second-order valence-electron chi connectivity index (χ2n) is 8.58. The lowest BCUT2D eigenvalue weighted by atomic mass is 9.85. The van der Waals surface area contributed by atoms with Crippen LogP contribution in [0, 0.1) is 5.92 Å². The van der Waals surface area contributed by atoms with Crippen LogP contribution in [0.15, 0.2) is 30.5 Å². The molecule has 1 aromatic carbocycles. The number of rotatable bonds is 6. The molecule has 0 saturated heterocycles. The third kappa shape index (κ3) is 4.72. The standard InChI is InChI=1S/C23H28F3N3O2/c1-31-17-10-8-16(9-11-17)19-13-21(23(24,25)26)29-22(28-19)18(14-27-29)20(30)12-7-15-5-3-2-4-6-15/h8-11,14-15,19,21,28H,2-7,12-13H2,1H3. The Morgan fingerprint density at radius 3 is 2.55 bits per heavy atom. The second kappa shape index (κ2) is 8.93. The molecule has 1 aliphatic heterocycles. The number of hydrogen-bond acceptors (Lipinski definition) is 4. The van der Waals surface area contributed by atoms with Crippen LogP contribution in [0.4, 0.5) is 19.0 Å². The number of ether oxygens (including phenoxy) is 1. The molecule has 0 bridgehead atoms. The van der Waals surface area contributed by atoms with Gasteiger partial charge in [-0.15, -0.1) is 0 Å². The Bertz CT molecular complexity index is 902. The molecule has 168 valence electrons. The largest absolute Gasteiger partial charge is 0.497 e. The number of nitrogens with one attached hydrogen (secondary N) is 1. The number of nitrogens with zero attached hydrogens (tertiary/aromatic N) is 2. The first-order valence-corrected chi connectivity index (χ1v) is 10.9. The van der Waals surface area contributed by atoms with Crippen LogP contribution in [0.1, 0.15) is 79.4 Å². The average Bonchev–Trinajstić information content (AvgIpc) is 3.21. The highest BCUT2D eigenvalue weighted by atomic mass is 19.4. The number of aromatic nitrogens is 2. The first-order chi connectivity index (χ1) is 14.9. The Labute approximate surface area is 180 Å². The van der Waals surface area contributed by atoms with E-state index >= 15 is 0 Å². The van der Waals surface area contributed by atoms with Gasteiger partial charge in [0, 0.05) is 12.8 Å². The number of halogens is 3. The van der Waals surface area contributed by atoms with E-state index in [1.807, 2.05) is 0 Å². The fourth-order valence-corrected chi connectivity index (χ4v) is 4.77. The molecule has 1 saturated carbocycles. The monoisotopic (exact) mass is 435 g/mol. The number of alkyl halides is 3. The number of hydrogen-bond donors (Lipinski definition) is 1. The van der Waals surface area contributed by atoms with Crippen molar-refractivity contribution in [1.82, 2.24) is 9.78 Å². The molecular weight excluding hydrogens is 407 g/mol. The van der Waals surface area contributed by atoms with E-state index in [4.69, 9.17) is 4.74 Å². The molecule has 0 amide bonds. The molecule has 1 aromatic heterocycles. The topological polar surface area (TPSA) is 56.2 Å². The minimum absolute atomic E-state index is 0.143. The fraction of sp³-hybridized carbons (Fsp3) is 0.565. The van der Waals surface area contributed by atoms with Gasteiger partial charge in [-0.1, -0.05) is 44.2 Å². The third-order valence-electron chi connectivity index (χ3n) is 6.56. The van der Waals surface area contributed by atoms with Crippen LogP contribution < -0.4 is 10.1 Å². The Hall–Kier alpha value is -2.51. The summed E-state index contributed by atoms with van der Waals surface area (Å²) < 4.78 is 47.6. The molecule has 31 heavy (non-hydrogen) atoms. The fourth-order valence-electron chi connectivity index (χ4n) is 4.77. The molecule has 0 radical (unpaired) electrons. The molecular formula is C23H28F3N3O2. The van der Waals surface area contributed by atoms with Crippen LogP contribution in [0.5, 0.6) is 5.75 Å². The first kappa shape index (κ1) is 21.7. The minimum atomic E-state index is -4.46. The summed E-state index contributed by atoms with van der Waals surface area (Å²) in [6, 6.07) is 4.59. The first-order valence-electron chi connectivity index (χ1n) is 10.9. The summed E-state index contributed by atoms with van der Waals surface area (Å²) in [6.45, 7) is 0. The molecule has 2 atom stereocenters. The molecule has 2 heterocycles. The molecule has 1 N–H and O–H groups in total. The van der Waals surface area contributed by atoms with Crippen molar-refractivity contribution in [2.45, 2.75) is 69.6 Å². The highest BCUT2D eigenvalue weighted by molar-refractivity contribution is 6.00. The Morgan fingerprint density at radius 1 is 1.19 bits per heavy atom. The maximum atomic E-state index is 13.8. The van der Waals surface area contributed by atoms with Crippen molar-refractivity contribution in [3.63, 3.8) is 0 Å².